The minimum atomic E-state index is 0.612. The van der Waals surface area contributed by atoms with E-state index in [1.165, 1.54) is 0 Å². The molecule has 5 nitrogen and oxygen atoms in total. The Morgan fingerprint density at radius 1 is 1.39 bits per heavy atom. The number of aromatic nitrogens is 4. The topological polar surface area (TPSA) is 72.5 Å². The predicted octanol–water partition coefficient (Wildman–Crippen LogP) is 1.46. The van der Waals surface area contributed by atoms with Crippen LogP contribution in [0.4, 0.5) is 0 Å². The SMILES string of the molecule is Cn1cnc2cc(-c3cn[nH]c3CCN)ccc21. The van der Waals surface area contributed by atoms with E-state index >= 15 is 0 Å². The summed E-state index contributed by atoms with van der Waals surface area (Å²) in [6.07, 6.45) is 4.47. The number of nitrogens with two attached hydrogens (primary N) is 1. The molecule has 18 heavy (non-hydrogen) atoms. The molecule has 0 atom stereocenters. The van der Waals surface area contributed by atoms with Gasteiger partial charge in [-0.15, -0.1) is 0 Å². The lowest BCUT2D eigenvalue weighted by Gasteiger charge is -2.02. The highest BCUT2D eigenvalue weighted by molar-refractivity contribution is 5.82. The Kier molecular flexibility index (Phi) is 2.60. The number of aryl methyl sites for hydroxylation is 1. The highest BCUT2D eigenvalue weighted by atomic mass is 15.1. The summed E-state index contributed by atoms with van der Waals surface area (Å²) in [5.74, 6) is 0. The highest BCUT2D eigenvalue weighted by Gasteiger charge is 2.08. The molecule has 0 aliphatic carbocycles. The van der Waals surface area contributed by atoms with Crippen molar-refractivity contribution in [1.29, 1.82) is 0 Å². The van der Waals surface area contributed by atoms with Gasteiger partial charge in [-0.1, -0.05) is 6.07 Å². The molecule has 1 aromatic carbocycles. The van der Waals surface area contributed by atoms with Crippen molar-refractivity contribution in [3.8, 4) is 11.1 Å². The van der Waals surface area contributed by atoms with Gasteiger partial charge < -0.3 is 10.3 Å². The van der Waals surface area contributed by atoms with Gasteiger partial charge in [-0.05, 0) is 24.2 Å². The first kappa shape index (κ1) is 11.0. The number of hydrogen-bond acceptors (Lipinski definition) is 3. The lowest BCUT2D eigenvalue weighted by molar-refractivity contribution is 0.902. The van der Waals surface area contributed by atoms with Crippen molar-refractivity contribution in [3.63, 3.8) is 0 Å². The van der Waals surface area contributed by atoms with Crippen LogP contribution in [0.25, 0.3) is 22.2 Å². The summed E-state index contributed by atoms with van der Waals surface area (Å²) in [7, 11) is 1.99. The molecule has 5 heteroatoms. The predicted molar refractivity (Wildman–Crippen MR) is 71.1 cm³/mol. The highest BCUT2D eigenvalue weighted by Crippen LogP contribution is 2.25. The third-order valence-electron chi connectivity index (χ3n) is 3.15. The second-order valence-corrected chi connectivity index (χ2v) is 4.36. The van der Waals surface area contributed by atoms with Crippen LogP contribution in [0.15, 0.2) is 30.7 Å². The van der Waals surface area contributed by atoms with Crippen molar-refractivity contribution >= 4 is 11.0 Å². The third-order valence-corrected chi connectivity index (χ3v) is 3.15. The van der Waals surface area contributed by atoms with E-state index in [1.807, 2.05) is 24.1 Å². The number of nitrogens with one attached hydrogen (secondary N) is 1. The minimum absolute atomic E-state index is 0.612. The fraction of sp³-hybridized carbons (Fsp3) is 0.231. The largest absolute Gasteiger partial charge is 0.334 e. The summed E-state index contributed by atoms with van der Waals surface area (Å²) in [6.45, 7) is 0.612. The Labute approximate surface area is 105 Å². The first-order valence-electron chi connectivity index (χ1n) is 5.93. The molecule has 0 saturated carbocycles. The van der Waals surface area contributed by atoms with Crippen molar-refractivity contribution in [2.45, 2.75) is 6.42 Å². The molecule has 0 radical (unpaired) electrons. The van der Waals surface area contributed by atoms with Crippen LogP contribution < -0.4 is 5.73 Å². The zero-order valence-corrected chi connectivity index (χ0v) is 10.2. The molecule has 0 saturated heterocycles. The van der Waals surface area contributed by atoms with E-state index in [-0.39, 0.29) is 0 Å². The van der Waals surface area contributed by atoms with E-state index in [4.69, 9.17) is 5.73 Å². The Bertz CT molecular complexity index is 680. The van der Waals surface area contributed by atoms with Crippen molar-refractivity contribution in [3.05, 3.63) is 36.4 Å². The number of imidazole rings is 1. The van der Waals surface area contributed by atoms with Crippen LogP contribution in [0.3, 0.4) is 0 Å². The van der Waals surface area contributed by atoms with Gasteiger partial charge in [0.05, 0.1) is 23.6 Å². The number of benzene rings is 1. The van der Waals surface area contributed by atoms with E-state index < -0.39 is 0 Å². The molecule has 0 amide bonds. The molecule has 0 unspecified atom stereocenters. The summed E-state index contributed by atoms with van der Waals surface area (Å²) in [5.41, 5.74) is 11.0. The summed E-state index contributed by atoms with van der Waals surface area (Å²) in [4.78, 5) is 4.37. The van der Waals surface area contributed by atoms with Crippen LogP contribution in [0, 0.1) is 0 Å². The summed E-state index contributed by atoms with van der Waals surface area (Å²) in [6, 6.07) is 6.26. The fourth-order valence-electron chi connectivity index (χ4n) is 2.20. The van der Waals surface area contributed by atoms with Gasteiger partial charge in [0.15, 0.2) is 0 Å². The molecule has 3 rings (SSSR count). The van der Waals surface area contributed by atoms with Crippen molar-refractivity contribution < 1.29 is 0 Å². The molecule has 3 N–H and O–H groups in total. The van der Waals surface area contributed by atoms with Gasteiger partial charge in [-0.25, -0.2) is 4.98 Å². The van der Waals surface area contributed by atoms with Gasteiger partial charge in [0.25, 0.3) is 0 Å². The van der Waals surface area contributed by atoms with Gasteiger partial charge in [-0.2, -0.15) is 5.10 Å². The molecular formula is C13H15N5. The Hall–Kier alpha value is -2.14. The Morgan fingerprint density at radius 3 is 3.11 bits per heavy atom. The summed E-state index contributed by atoms with van der Waals surface area (Å²) in [5, 5.41) is 7.10. The van der Waals surface area contributed by atoms with Crippen LogP contribution in [0.1, 0.15) is 5.69 Å². The van der Waals surface area contributed by atoms with E-state index in [0.717, 1.165) is 34.3 Å². The van der Waals surface area contributed by atoms with E-state index in [1.54, 1.807) is 0 Å². The van der Waals surface area contributed by atoms with Gasteiger partial charge >= 0.3 is 0 Å². The Morgan fingerprint density at radius 2 is 2.28 bits per heavy atom. The average Bonchev–Trinajstić information content (AvgIpc) is 2.97. The number of rotatable bonds is 3. The molecule has 92 valence electrons. The van der Waals surface area contributed by atoms with Gasteiger partial charge in [0, 0.05) is 24.7 Å². The molecule has 0 aliphatic heterocycles. The van der Waals surface area contributed by atoms with Crippen LogP contribution in [0.2, 0.25) is 0 Å². The number of H-pyrrole nitrogens is 1. The standard InChI is InChI=1S/C13H15N5/c1-18-8-15-12-6-9(2-3-13(12)18)10-7-16-17-11(10)4-5-14/h2-3,6-8H,4-5,14H2,1H3,(H,16,17). The zero-order valence-electron chi connectivity index (χ0n) is 10.2. The smallest absolute Gasteiger partial charge is 0.0955 e. The first-order valence-corrected chi connectivity index (χ1v) is 5.93. The van der Waals surface area contributed by atoms with Crippen molar-refractivity contribution in [2.24, 2.45) is 12.8 Å². The van der Waals surface area contributed by atoms with Gasteiger partial charge in [0.1, 0.15) is 0 Å². The van der Waals surface area contributed by atoms with Crippen LogP contribution in [0.5, 0.6) is 0 Å². The average molecular weight is 241 g/mol. The maximum absolute atomic E-state index is 5.60. The van der Waals surface area contributed by atoms with E-state index in [0.29, 0.717) is 6.54 Å². The van der Waals surface area contributed by atoms with E-state index in [2.05, 4.69) is 33.4 Å². The third kappa shape index (κ3) is 1.69. The maximum Gasteiger partial charge on any atom is 0.0955 e. The Balaban J connectivity index is 2.10. The van der Waals surface area contributed by atoms with Crippen LogP contribution >= 0.6 is 0 Å². The minimum Gasteiger partial charge on any atom is -0.334 e. The van der Waals surface area contributed by atoms with E-state index in [9.17, 15) is 0 Å². The van der Waals surface area contributed by atoms with Crippen LogP contribution in [-0.4, -0.2) is 26.3 Å². The fourth-order valence-corrected chi connectivity index (χ4v) is 2.20. The second kappa shape index (κ2) is 4.27. The number of fused-ring (bicyclic) bond motifs is 1. The van der Waals surface area contributed by atoms with Crippen molar-refractivity contribution in [2.75, 3.05) is 6.54 Å². The number of hydrogen-bond donors (Lipinski definition) is 2. The van der Waals surface area contributed by atoms with Crippen molar-refractivity contribution in [1.82, 2.24) is 19.7 Å². The normalized spacial score (nSPS) is 11.2. The molecule has 0 bridgehead atoms. The molecule has 2 heterocycles. The molecule has 0 fully saturated rings. The quantitative estimate of drug-likeness (QED) is 0.729. The van der Waals surface area contributed by atoms with Gasteiger partial charge in [-0.3, -0.25) is 5.10 Å². The molecular weight excluding hydrogens is 226 g/mol. The lowest BCUT2D eigenvalue weighted by Crippen LogP contribution is -2.03. The molecule has 2 aromatic heterocycles. The first-order chi connectivity index (χ1) is 8.79. The van der Waals surface area contributed by atoms with Crippen LogP contribution in [-0.2, 0) is 13.5 Å². The molecule has 0 aliphatic rings. The summed E-state index contributed by atoms with van der Waals surface area (Å²) < 4.78 is 2.01. The monoisotopic (exact) mass is 241 g/mol. The number of aromatic amines is 1. The number of nitrogens with zero attached hydrogens (tertiary/aromatic N) is 3. The second-order valence-electron chi connectivity index (χ2n) is 4.36. The molecule has 3 aromatic rings. The van der Waals surface area contributed by atoms with Gasteiger partial charge in [0.2, 0.25) is 0 Å². The lowest BCUT2D eigenvalue weighted by atomic mass is 10.0. The zero-order chi connectivity index (χ0) is 12.5. The maximum atomic E-state index is 5.60. The molecule has 0 spiro atoms. The summed E-state index contributed by atoms with van der Waals surface area (Å²) >= 11 is 0.